The molecule has 16 heteroatoms. The van der Waals surface area contributed by atoms with Gasteiger partial charge in [0.2, 0.25) is 23.3 Å². The zero-order chi connectivity index (χ0) is 41.7. The Hall–Kier alpha value is -2.86. The Bertz CT molecular complexity index is 1410. The summed E-state index contributed by atoms with van der Waals surface area (Å²) >= 11 is 0.771. The summed E-state index contributed by atoms with van der Waals surface area (Å²) in [5.41, 5.74) is -11.7. The molecule has 2 unspecified atom stereocenters. The van der Waals surface area contributed by atoms with Gasteiger partial charge < -0.3 is 34.4 Å². The summed E-state index contributed by atoms with van der Waals surface area (Å²) in [5, 5.41) is 45.4. The van der Waals surface area contributed by atoms with Crippen molar-refractivity contribution in [2.45, 2.75) is 148 Å². The summed E-state index contributed by atoms with van der Waals surface area (Å²) in [4.78, 5) is 61.7. The molecule has 0 spiro atoms. The van der Waals surface area contributed by atoms with Crippen molar-refractivity contribution >= 4 is 40.3 Å². The average Bonchev–Trinajstić information content (AvgIpc) is 3.65. The van der Waals surface area contributed by atoms with Crippen molar-refractivity contribution in [2.24, 2.45) is 0 Å². The van der Waals surface area contributed by atoms with Crippen LogP contribution in [0.1, 0.15) is 116 Å². The van der Waals surface area contributed by atoms with Gasteiger partial charge in [-0.2, -0.15) is 13.2 Å². The molecule has 0 saturated carbocycles. The Morgan fingerprint density at radius 2 is 1.28 bits per heavy atom. The highest BCUT2D eigenvalue weighted by Crippen LogP contribution is 2.49. The summed E-state index contributed by atoms with van der Waals surface area (Å²) in [6.45, 7) is 17.2. The lowest BCUT2D eigenvalue weighted by molar-refractivity contribution is -0.929. The third kappa shape index (κ3) is 10.9. The second kappa shape index (κ2) is 20.9. The Kier molecular flexibility index (Phi) is 19.0. The Morgan fingerprint density at radius 1 is 0.833 bits per heavy atom. The highest BCUT2D eigenvalue weighted by atomic mass is 32.1. The summed E-state index contributed by atoms with van der Waals surface area (Å²) in [5.74, 6) is -9.70. The fourth-order valence-corrected chi connectivity index (χ4v) is 7.23. The number of alkyl halides is 3. The summed E-state index contributed by atoms with van der Waals surface area (Å²) in [7, 11) is 0. The Labute approximate surface area is 319 Å². The molecule has 1 aromatic heterocycles. The van der Waals surface area contributed by atoms with Crippen LogP contribution in [-0.4, -0.2) is 121 Å². The minimum absolute atomic E-state index is 0.0647. The number of ketones is 5. The van der Waals surface area contributed by atoms with Gasteiger partial charge in [-0.15, -0.1) is 11.3 Å². The number of thiophene rings is 1. The number of quaternary nitrogens is 1. The zero-order valence-electron chi connectivity index (χ0n) is 32.7. The van der Waals surface area contributed by atoms with Crippen molar-refractivity contribution in [3.05, 3.63) is 34.2 Å². The van der Waals surface area contributed by atoms with E-state index >= 15 is 0 Å². The SMILES string of the molecule is CC(=O)C(O)[C@@H]1OC(OC(=CC(=O)c2cccs2)C(F)(F)F)[C@@](O)(C(C)=O)[C@](O)(C(C)=O)[C@]1(O)C(C)=O.CCCC[N+](CCCC)(CCCC)CCCC. The predicted molar refractivity (Wildman–Crippen MR) is 195 cm³/mol. The van der Waals surface area contributed by atoms with E-state index in [1.807, 2.05) is 0 Å². The van der Waals surface area contributed by atoms with Crippen molar-refractivity contribution in [2.75, 3.05) is 26.2 Å². The Balaban J connectivity index is 0.000000720. The van der Waals surface area contributed by atoms with Gasteiger partial charge in [-0.3, -0.25) is 24.0 Å². The maximum absolute atomic E-state index is 13.8. The molecule has 1 aromatic rings. The third-order valence-corrected chi connectivity index (χ3v) is 10.8. The third-order valence-electron chi connectivity index (χ3n) is 9.90. The van der Waals surface area contributed by atoms with Gasteiger partial charge in [-0.05, 0) is 64.8 Å². The molecule has 0 aliphatic carbocycles. The average molecular weight is 795 g/mol. The molecule has 12 nitrogen and oxygen atoms in total. The van der Waals surface area contributed by atoms with E-state index in [0.717, 1.165) is 11.3 Å². The van der Waals surface area contributed by atoms with E-state index in [1.54, 1.807) is 0 Å². The van der Waals surface area contributed by atoms with Crippen LogP contribution in [0.2, 0.25) is 0 Å². The second-order valence-electron chi connectivity index (χ2n) is 14.0. The topological polar surface area (TPSA) is 185 Å². The van der Waals surface area contributed by atoms with Crippen LogP contribution in [0, 0.1) is 0 Å². The number of halogens is 3. The molecule has 1 aliphatic heterocycles. The van der Waals surface area contributed by atoms with Gasteiger partial charge in [-0.25, -0.2) is 0 Å². The molecule has 0 radical (unpaired) electrons. The summed E-state index contributed by atoms with van der Waals surface area (Å²) in [6, 6.07) is 2.54. The molecule has 1 fully saturated rings. The van der Waals surface area contributed by atoms with Gasteiger partial charge in [0.1, 0.15) is 12.2 Å². The van der Waals surface area contributed by atoms with Gasteiger partial charge in [0, 0.05) is 6.08 Å². The molecule has 0 bridgehead atoms. The van der Waals surface area contributed by atoms with Crippen LogP contribution < -0.4 is 0 Å². The van der Waals surface area contributed by atoms with E-state index in [-0.39, 0.29) is 11.0 Å². The first-order chi connectivity index (χ1) is 25.0. The molecule has 1 aliphatic rings. The smallest absolute Gasteiger partial charge is 0.449 e. The molecular formula is C38H59F3NO11S+. The fourth-order valence-electron chi connectivity index (χ4n) is 6.59. The molecule has 1 saturated heterocycles. The quantitative estimate of drug-likeness (QED) is 0.0567. The number of aliphatic hydroxyl groups is 4. The van der Waals surface area contributed by atoms with E-state index in [0.29, 0.717) is 27.7 Å². The van der Waals surface area contributed by atoms with Crippen molar-refractivity contribution in [1.82, 2.24) is 0 Å². The maximum Gasteiger partial charge on any atom is 0.449 e. The lowest BCUT2D eigenvalue weighted by Crippen LogP contribution is -2.87. The first kappa shape index (κ1) is 49.2. The van der Waals surface area contributed by atoms with E-state index in [9.17, 15) is 57.6 Å². The monoisotopic (exact) mass is 794 g/mol. The molecule has 0 aromatic carbocycles. The van der Waals surface area contributed by atoms with E-state index < -0.39 is 76.2 Å². The van der Waals surface area contributed by atoms with Crippen LogP contribution in [0.25, 0.3) is 0 Å². The minimum Gasteiger partial charge on any atom is -0.456 e. The number of carbonyl (C=O) groups excluding carboxylic acids is 5. The molecule has 54 heavy (non-hydrogen) atoms. The summed E-state index contributed by atoms with van der Waals surface area (Å²) < 4.78 is 52.6. The first-order valence-corrected chi connectivity index (χ1v) is 19.3. The number of hydrogen-bond donors (Lipinski definition) is 4. The lowest BCUT2D eigenvalue weighted by atomic mass is 9.60. The summed E-state index contributed by atoms with van der Waals surface area (Å²) in [6.07, 6.45) is -2.87. The maximum atomic E-state index is 13.8. The van der Waals surface area contributed by atoms with Crippen LogP contribution in [0.4, 0.5) is 13.2 Å². The number of ether oxygens (including phenoxy) is 2. The molecule has 2 rings (SSSR count). The number of nitrogens with zero attached hydrogens (tertiary/aromatic N) is 1. The normalized spacial score (nSPS) is 25.3. The standard InChI is InChI=1S/C22H23F3O11S.C16H36N/c1-9(26)16(31)17-19(32,10(2)27)21(34,12(4)29)20(33,11(3)28)18(36-17)35-15(22(23,24)25)8-13(30)14-6-5-7-37-14;1-5-9-13-17(14-10-6-2,15-11-7-3)16-12-8-4/h5-8,16-18,31-34H,1-4H3;5-16H2,1-4H3/q;+1/t16?,17-,18?,19-,20-,21-;/m0./s1. The number of Topliss-reactive ketones (excluding diaryl/α,β-unsaturated/α-hetero) is 4. The second-order valence-corrected chi connectivity index (χ2v) is 14.9. The van der Waals surface area contributed by atoms with Gasteiger partial charge in [-0.1, -0.05) is 59.4 Å². The van der Waals surface area contributed by atoms with Crippen molar-refractivity contribution in [3.8, 4) is 0 Å². The van der Waals surface area contributed by atoms with Gasteiger partial charge in [0.15, 0.2) is 34.5 Å². The highest BCUT2D eigenvalue weighted by Gasteiger charge is 2.80. The fraction of sp³-hybridized carbons (Fsp3) is 0.711. The molecule has 4 N–H and O–H groups in total. The molecule has 6 atom stereocenters. The number of unbranched alkanes of at least 4 members (excludes halogenated alkanes) is 4. The number of rotatable bonds is 21. The first-order valence-electron chi connectivity index (χ1n) is 18.4. The van der Waals surface area contributed by atoms with Crippen LogP contribution in [0.15, 0.2) is 29.3 Å². The van der Waals surface area contributed by atoms with Crippen LogP contribution >= 0.6 is 11.3 Å². The zero-order valence-corrected chi connectivity index (χ0v) is 33.5. The number of aliphatic hydroxyl groups excluding tert-OH is 1. The van der Waals surface area contributed by atoms with Gasteiger partial charge in [0.25, 0.3) is 0 Å². The van der Waals surface area contributed by atoms with Gasteiger partial charge >= 0.3 is 6.18 Å². The van der Waals surface area contributed by atoms with Crippen molar-refractivity contribution in [3.63, 3.8) is 0 Å². The van der Waals surface area contributed by atoms with Gasteiger partial charge in [0.05, 0.1) is 31.1 Å². The van der Waals surface area contributed by atoms with E-state index in [1.165, 1.54) is 99.5 Å². The van der Waals surface area contributed by atoms with E-state index in [4.69, 9.17) is 4.74 Å². The van der Waals surface area contributed by atoms with Crippen molar-refractivity contribution in [1.29, 1.82) is 0 Å². The predicted octanol–water partition coefficient (Wildman–Crippen LogP) is 5.03. The highest BCUT2D eigenvalue weighted by molar-refractivity contribution is 7.12. The van der Waals surface area contributed by atoms with E-state index in [2.05, 4.69) is 32.4 Å². The lowest BCUT2D eigenvalue weighted by Gasteiger charge is -2.57. The van der Waals surface area contributed by atoms with Crippen LogP contribution in [0.3, 0.4) is 0 Å². The molecule has 0 amide bonds. The number of allylic oxidation sites excluding steroid dienone is 2. The van der Waals surface area contributed by atoms with Crippen LogP contribution in [0.5, 0.6) is 0 Å². The molecule has 308 valence electrons. The van der Waals surface area contributed by atoms with Crippen molar-refractivity contribution < 1.29 is 71.5 Å². The Morgan fingerprint density at radius 3 is 1.59 bits per heavy atom. The van der Waals surface area contributed by atoms with Crippen LogP contribution in [-0.2, 0) is 28.7 Å². The largest absolute Gasteiger partial charge is 0.456 e. The number of hydrogen-bond acceptors (Lipinski definition) is 12. The molecular weight excluding hydrogens is 735 g/mol. The molecule has 2 heterocycles. The number of carbonyl (C=O) groups is 5. The minimum atomic E-state index is -5.49.